The minimum absolute atomic E-state index is 0.234. The standard InChI is InChI=1S/C28H41NO2/c1-3-5-7-9-11-13-15-24-16-21-27(29-23-24)25-17-19-26(20-18-25)28(30)31-22-14-12-10-8-6-4-2/h16-21,23H,3-15,22H2,1-2H3. The van der Waals surface area contributed by atoms with Crippen LogP contribution in [-0.4, -0.2) is 17.6 Å². The quantitative estimate of drug-likeness (QED) is 0.202. The zero-order chi connectivity index (χ0) is 22.2. The highest BCUT2D eigenvalue weighted by Crippen LogP contribution is 2.19. The van der Waals surface area contributed by atoms with Gasteiger partial charge in [-0.15, -0.1) is 0 Å². The Bertz CT molecular complexity index is 722. The van der Waals surface area contributed by atoms with E-state index < -0.39 is 0 Å². The van der Waals surface area contributed by atoms with Crippen LogP contribution >= 0.6 is 0 Å². The molecule has 1 aromatic heterocycles. The number of nitrogens with zero attached hydrogens (tertiary/aromatic N) is 1. The first-order valence-electron chi connectivity index (χ1n) is 12.5. The van der Waals surface area contributed by atoms with Crippen molar-refractivity contribution in [2.24, 2.45) is 0 Å². The van der Waals surface area contributed by atoms with Crippen molar-refractivity contribution in [3.8, 4) is 11.3 Å². The van der Waals surface area contributed by atoms with Crippen LogP contribution in [0.2, 0.25) is 0 Å². The molecule has 0 fully saturated rings. The maximum Gasteiger partial charge on any atom is 0.338 e. The first-order chi connectivity index (χ1) is 15.2. The average molecular weight is 424 g/mol. The second-order valence-corrected chi connectivity index (χ2v) is 8.55. The fourth-order valence-corrected chi connectivity index (χ4v) is 3.76. The predicted octanol–water partition coefficient (Wildman–Crippen LogP) is 8.17. The Morgan fingerprint density at radius 1 is 0.742 bits per heavy atom. The Morgan fingerprint density at radius 3 is 1.97 bits per heavy atom. The molecule has 0 spiro atoms. The van der Waals surface area contributed by atoms with E-state index in [-0.39, 0.29) is 5.97 Å². The molecule has 3 nitrogen and oxygen atoms in total. The van der Waals surface area contributed by atoms with Crippen molar-refractivity contribution in [3.05, 3.63) is 53.7 Å². The lowest BCUT2D eigenvalue weighted by atomic mass is 10.0. The molecule has 0 aliphatic heterocycles. The summed E-state index contributed by atoms with van der Waals surface area (Å²) < 4.78 is 5.41. The van der Waals surface area contributed by atoms with Crippen LogP contribution in [0.15, 0.2) is 42.6 Å². The molecular formula is C28H41NO2. The van der Waals surface area contributed by atoms with Crippen molar-refractivity contribution >= 4 is 5.97 Å². The zero-order valence-corrected chi connectivity index (χ0v) is 19.7. The Kier molecular flexibility index (Phi) is 12.6. The number of pyridine rings is 1. The lowest BCUT2D eigenvalue weighted by Crippen LogP contribution is -2.06. The summed E-state index contributed by atoms with van der Waals surface area (Å²) in [6.07, 6.45) is 18.1. The second-order valence-electron chi connectivity index (χ2n) is 8.55. The van der Waals surface area contributed by atoms with E-state index in [0.29, 0.717) is 12.2 Å². The number of hydrogen-bond acceptors (Lipinski definition) is 3. The van der Waals surface area contributed by atoms with Gasteiger partial charge < -0.3 is 4.74 Å². The van der Waals surface area contributed by atoms with Crippen LogP contribution in [0.3, 0.4) is 0 Å². The first kappa shape index (κ1) is 25.1. The van der Waals surface area contributed by atoms with Gasteiger partial charge in [-0.05, 0) is 43.0 Å². The number of rotatable bonds is 16. The molecule has 0 bridgehead atoms. The first-order valence-corrected chi connectivity index (χ1v) is 12.5. The SMILES string of the molecule is CCCCCCCCOC(=O)c1ccc(-c2ccc(CCCCCCCC)cn2)cc1. The summed E-state index contributed by atoms with van der Waals surface area (Å²) in [5.74, 6) is -0.234. The van der Waals surface area contributed by atoms with E-state index in [0.717, 1.165) is 30.5 Å². The number of esters is 1. The average Bonchev–Trinajstić information content (AvgIpc) is 2.81. The highest BCUT2D eigenvalue weighted by molar-refractivity contribution is 5.90. The van der Waals surface area contributed by atoms with Gasteiger partial charge in [0.2, 0.25) is 0 Å². The number of carbonyl (C=O) groups is 1. The van der Waals surface area contributed by atoms with E-state index in [2.05, 4.69) is 31.0 Å². The third-order valence-electron chi connectivity index (χ3n) is 5.79. The Morgan fingerprint density at radius 2 is 1.35 bits per heavy atom. The Balaban J connectivity index is 1.72. The molecule has 0 unspecified atom stereocenters. The van der Waals surface area contributed by atoms with Crippen LogP contribution in [-0.2, 0) is 11.2 Å². The monoisotopic (exact) mass is 423 g/mol. The van der Waals surface area contributed by atoms with Crippen LogP contribution in [0, 0.1) is 0 Å². The molecule has 0 aliphatic rings. The van der Waals surface area contributed by atoms with Crippen molar-refractivity contribution < 1.29 is 9.53 Å². The van der Waals surface area contributed by atoms with Crippen LogP contribution in [0.4, 0.5) is 0 Å². The number of unbranched alkanes of at least 4 members (excludes halogenated alkanes) is 10. The molecular weight excluding hydrogens is 382 g/mol. The number of carbonyl (C=O) groups excluding carboxylic acids is 1. The molecule has 0 radical (unpaired) electrons. The molecule has 1 aromatic carbocycles. The van der Waals surface area contributed by atoms with Crippen molar-refractivity contribution in [1.82, 2.24) is 4.98 Å². The lowest BCUT2D eigenvalue weighted by Gasteiger charge is -2.07. The molecule has 2 aromatic rings. The summed E-state index contributed by atoms with van der Waals surface area (Å²) in [5, 5.41) is 0. The molecule has 0 atom stereocenters. The van der Waals surface area contributed by atoms with E-state index in [4.69, 9.17) is 4.74 Å². The molecule has 0 amide bonds. The number of ether oxygens (including phenoxy) is 1. The Hall–Kier alpha value is -2.16. The molecule has 0 aliphatic carbocycles. The van der Waals surface area contributed by atoms with Crippen molar-refractivity contribution in [3.63, 3.8) is 0 Å². The van der Waals surface area contributed by atoms with E-state index in [9.17, 15) is 4.79 Å². The van der Waals surface area contributed by atoms with Gasteiger partial charge in [0.15, 0.2) is 0 Å². The largest absolute Gasteiger partial charge is 0.462 e. The predicted molar refractivity (Wildman–Crippen MR) is 130 cm³/mol. The smallest absolute Gasteiger partial charge is 0.338 e. The van der Waals surface area contributed by atoms with Crippen molar-refractivity contribution in [2.75, 3.05) is 6.61 Å². The molecule has 0 saturated heterocycles. The maximum atomic E-state index is 12.2. The third kappa shape index (κ3) is 10.1. The van der Waals surface area contributed by atoms with Crippen LogP contribution < -0.4 is 0 Å². The minimum atomic E-state index is -0.234. The number of benzene rings is 1. The minimum Gasteiger partial charge on any atom is -0.462 e. The van der Waals surface area contributed by atoms with E-state index >= 15 is 0 Å². The molecule has 1 heterocycles. The lowest BCUT2D eigenvalue weighted by molar-refractivity contribution is 0.0497. The van der Waals surface area contributed by atoms with Gasteiger partial charge in [-0.1, -0.05) is 96.3 Å². The van der Waals surface area contributed by atoms with E-state index in [1.165, 1.54) is 69.8 Å². The van der Waals surface area contributed by atoms with Gasteiger partial charge in [-0.2, -0.15) is 0 Å². The summed E-state index contributed by atoms with van der Waals surface area (Å²) in [6.45, 7) is 4.98. The molecule has 0 saturated carbocycles. The summed E-state index contributed by atoms with van der Waals surface area (Å²) >= 11 is 0. The van der Waals surface area contributed by atoms with Crippen molar-refractivity contribution in [2.45, 2.75) is 97.3 Å². The van der Waals surface area contributed by atoms with Crippen LogP contribution in [0.5, 0.6) is 0 Å². The molecule has 3 heteroatoms. The fourth-order valence-electron chi connectivity index (χ4n) is 3.76. The van der Waals surface area contributed by atoms with Gasteiger partial charge in [0.1, 0.15) is 0 Å². The second kappa shape index (κ2) is 15.6. The summed E-state index contributed by atoms with van der Waals surface area (Å²) in [6, 6.07) is 11.8. The zero-order valence-electron chi connectivity index (χ0n) is 19.7. The van der Waals surface area contributed by atoms with Crippen LogP contribution in [0.25, 0.3) is 11.3 Å². The number of hydrogen-bond donors (Lipinski definition) is 0. The summed E-state index contributed by atoms with van der Waals surface area (Å²) in [4.78, 5) is 16.8. The topological polar surface area (TPSA) is 39.2 Å². The third-order valence-corrected chi connectivity index (χ3v) is 5.79. The molecule has 170 valence electrons. The summed E-state index contributed by atoms with van der Waals surface area (Å²) in [7, 11) is 0. The molecule has 31 heavy (non-hydrogen) atoms. The van der Waals surface area contributed by atoms with Gasteiger partial charge in [0, 0.05) is 11.8 Å². The van der Waals surface area contributed by atoms with Gasteiger partial charge in [-0.3, -0.25) is 4.98 Å². The Labute approximate surface area is 189 Å². The van der Waals surface area contributed by atoms with Gasteiger partial charge in [0.05, 0.1) is 17.9 Å². The van der Waals surface area contributed by atoms with Crippen LogP contribution in [0.1, 0.15) is 107 Å². The van der Waals surface area contributed by atoms with Gasteiger partial charge in [0.25, 0.3) is 0 Å². The van der Waals surface area contributed by atoms with Gasteiger partial charge in [-0.25, -0.2) is 4.79 Å². The summed E-state index contributed by atoms with van der Waals surface area (Å²) in [5.41, 5.74) is 3.88. The number of aromatic nitrogens is 1. The normalized spacial score (nSPS) is 10.9. The number of aryl methyl sites for hydroxylation is 1. The van der Waals surface area contributed by atoms with E-state index in [1.807, 2.05) is 30.5 Å². The highest BCUT2D eigenvalue weighted by Gasteiger charge is 2.08. The van der Waals surface area contributed by atoms with Crippen molar-refractivity contribution in [1.29, 1.82) is 0 Å². The highest BCUT2D eigenvalue weighted by atomic mass is 16.5. The van der Waals surface area contributed by atoms with E-state index in [1.54, 1.807) is 0 Å². The molecule has 2 rings (SSSR count). The fraction of sp³-hybridized carbons (Fsp3) is 0.571. The van der Waals surface area contributed by atoms with Gasteiger partial charge >= 0.3 is 5.97 Å². The molecule has 0 N–H and O–H groups in total. The maximum absolute atomic E-state index is 12.2.